The van der Waals surface area contributed by atoms with Gasteiger partial charge in [-0.2, -0.15) is 0 Å². The van der Waals surface area contributed by atoms with Gasteiger partial charge in [0, 0.05) is 30.8 Å². The molecule has 0 aromatic carbocycles. The lowest BCUT2D eigenvalue weighted by atomic mass is 10.00. The summed E-state index contributed by atoms with van der Waals surface area (Å²) >= 11 is 0. The fourth-order valence-electron chi connectivity index (χ4n) is 3.72. The smallest absolute Gasteiger partial charge is 0.287 e. The van der Waals surface area contributed by atoms with Gasteiger partial charge in [0.1, 0.15) is 5.76 Å². The van der Waals surface area contributed by atoms with E-state index in [2.05, 4.69) is 27.6 Å². The second-order valence-corrected chi connectivity index (χ2v) is 7.69. The Hall–Kier alpha value is -2.61. The number of carbonyl (C=O) groups excluding carboxylic acids is 2. The normalized spacial score (nSPS) is 16.5. The average Bonchev–Trinajstić information content (AvgIpc) is 3.31. The predicted molar refractivity (Wildman–Crippen MR) is 109 cm³/mol. The lowest BCUT2D eigenvalue weighted by Crippen LogP contribution is -2.51. The minimum Gasteiger partial charge on any atom is -0.459 e. The molecule has 1 atom stereocenters. The number of hydrogen-bond donors (Lipinski definition) is 2. The zero-order valence-electron chi connectivity index (χ0n) is 17.4. The average molecular weight is 402 g/mol. The number of aromatic nitrogens is 1. The number of piperidine rings is 1. The Morgan fingerprint density at radius 1 is 1.31 bits per heavy atom. The Morgan fingerprint density at radius 3 is 2.66 bits per heavy atom. The van der Waals surface area contributed by atoms with Crippen LogP contribution in [-0.2, 0) is 4.79 Å². The first-order valence-electron chi connectivity index (χ1n) is 10.3. The van der Waals surface area contributed by atoms with E-state index < -0.39 is 0 Å². The Balaban J connectivity index is 1.55. The van der Waals surface area contributed by atoms with E-state index in [-0.39, 0.29) is 23.9 Å². The largest absolute Gasteiger partial charge is 0.459 e. The van der Waals surface area contributed by atoms with Crippen molar-refractivity contribution in [3.05, 3.63) is 35.5 Å². The molecule has 3 rings (SSSR count). The molecule has 8 nitrogen and oxygen atoms in total. The van der Waals surface area contributed by atoms with Gasteiger partial charge in [0.15, 0.2) is 11.6 Å². The molecule has 1 saturated heterocycles. The number of nitrogens with zero attached hydrogens (tertiary/aromatic N) is 2. The number of hydrogen-bond acceptors (Lipinski definition) is 6. The van der Waals surface area contributed by atoms with Crippen LogP contribution in [0.1, 0.15) is 60.9 Å². The second kappa shape index (κ2) is 9.73. The van der Waals surface area contributed by atoms with Gasteiger partial charge in [0.2, 0.25) is 5.91 Å². The highest BCUT2D eigenvalue weighted by molar-refractivity contribution is 5.94. The summed E-state index contributed by atoms with van der Waals surface area (Å²) in [6, 6.07) is 3.37. The van der Waals surface area contributed by atoms with Crippen LogP contribution in [0.3, 0.4) is 0 Å². The quantitative estimate of drug-likeness (QED) is 0.703. The summed E-state index contributed by atoms with van der Waals surface area (Å²) in [5.41, 5.74) is 0.833. The summed E-state index contributed by atoms with van der Waals surface area (Å²) in [6.45, 7) is 7.27. The van der Waals surface area contributed by atoms with Crippen molar-refractivity contribution in [3.63, 3.8) is 0 Å². The van der Waals surface area contributed by atoms with Gasteiger partial charge in [-0.15, -0.1) is 0 Å². The molecular weight excluding hydrogens is 372 g/mol. The molecule has 1 aliphatic rings. The molecule has 1 unspecified atom stereocenters. The van der Waals surface area contributed by atoms with Crippen molar-refractivity contribution < 1.29 is 18.5 Å². The van der Waals surface area contributed by atoms with Crippen LogP contribution in [0.5, 0.6) is 0 Å². The topological polar surface area (TPSA) is 101 Å². The number of nitrogens with one attached hydrogen (secondary N) is 2. The zero-order chi connectivity index (χ0) is 20.8. The van der Waals surface area contributed by atoms with Gasteiger partial charge >= 0.3 is 0 Å². The lowest BCUT2D eigenvalue weighted by molar-refractivity contribution is -0.122. The molecule has 1 fully saturated rings. The van der Waals surface area contributed by atoms with Crippen LogP contribution in [0, 0.1) is 13.8 Å². The van der Waals surface area contributed by atoms with Gasteiger partial charge < -0.3 is 19.6 Å². The number of unbranched alkanes of at least 4 members (excludes halogenated alkanes) is 1. The number of anilines is 1. The molecule has 29 heavy (non-hydrogen) atoms. The molecule has 2 amide bonds. The fourth-order valence-corrected chi connectivity index (χ4v) is 3.72. The summed E-state index contributed by atoms with van der Waals surface area (Å²) in [6.07, 6.45) is 5.92. The van der Waals surface area contributed by atoms with Gasteiger partial charge in [0.05, 0.1) is 12.3 Å². The van der Waals surface area contributed by atoms with Crippen molar-refractivity contribution >= 4 is 17.6 Å². The third kappa shape index (κ3) is 5.47. The SMILES string of the molecule is CCCCC(C(=O)Nc1cc(C)on1)N1CCC(NC(=O)c2occc2C)CC1. The Morgan fingerprint density at radius 2 is 2.07 bits per heavy atom. The first-order chi connectivity index (χ1) is 14.0. The van der Waals surface area contributed by atoms with E-state index in [1.165, 1.54) is 6.26 Å². The maximum absolute atomic E-state index is 12.9. The molecule has 3 heterocycles. The number of carbonyl (C=O) groups is 2. The molecule has 2 N–H and O–H groups in total. The number of furan rings is 1. The van der Waals surface area contributed by atoms with Crippen LogP contribution in [0.25, 0.3) is 0 Å². The van der Waals surface area contributed by atoms with E-state index in [4.69, 9.17) is 8.94 Å². The summed E-state index contributed by atoms with van der Waals surface area (Å²) in [5.74, 6) is 1.25. The maximum atomic E-state index is 12.9. The Kier molecular flexibility index (Phi) is 7.09. The van der Waals surface area contributed by atoms with Crippen molar-refractivity contribution in [2.75, 3.05) is 18.4 Å². The molecular formula is C21H30N4O4. The molecule has 0 saturated carbocycles. The molecule has 2 aromatic rings. The van der Waals surface area contributed by atoms with Crippen molar-refractivity contribution in [1.29, 1.82) is 0 Å². The van der Waals surface area contributed by atoms with E-state index in [9.17, 15) is 9.59 Å². The summed E-state index contributed by atoms with van der Waals surface area (Å²) in [4.78, 5) is 27.4. The lowest BCUT2D eigenvalue weighted by Gasteiger charge is -2.37. The molecule has 0 aliphatic carbocycles. The molecule has 0 bridgehead atoms. The predicted octanol–water partition coefficient (Wildman–Crippen LogP) is 3.28. The summed E-state index contributed by atoms with van der Waals surface area (Å²) in [7, 11) is 0. The molecule has 158 valence electrons. The molecule has 2 aromatic heterocycles. The van der Waals surface area contributed by atoms with E-state index in [1.54, 1.807) is 19.1 Å². The minimum absolute atomic E-state index is 0.0551. The minimum atomic E-state index is -0.212. The van der Waals surface area contributed by atoms with Crippen LogP contribution in [-0.4, -0.2) is 47.0 Å². The Bertz CT molecular complexity index is 820. The Labute approximate surface area is 171 Å². The van der Waals surface area contributed by atoms with Crippen molar-refractivity contribution in [2.45, 2.75) is 65.0 Å². The number of likely N-dealkylation sites (tertiary alicyclic amines) is 1. The van der Waals surface area contributed by atoms with Crippen LogP contribution in [0.4, 0.5) is 5.82 Å². The summed E-state index contributed by atoms with van der Waals surface area (Å²) < 4.78 is 10.3. The number of aryl methyl sites for hydroxylation is 2. The fraction of sp³-hybridized carbons (Fsp3) is 0.571. The van der Waals surface area contributed by atoms with Gasteiger partial charge in [-0.25, -0.2) is 0 Å². The van der Waals surface area contributed by atoms with Gasteiger partial charge in [-0.3, -0.25) is 14.5 Å². The third-order valence-electron chi connectivity index (χ3n) is 5.39. The monoisotopic (exact) mass is 402 g/mol. The van der Waals surface area contributed by atoms with Crippen molar-refractivity contribution in [3.8, 4) is 0 Å². The van der Waals surface area contributed by atoms with Crippen molar-refractivity contribution in [2.24, 2.45) is 0 Å². The van der Waals surface area contributed by atoms with Crippen LogP contribution >= 0.6 is 0 Å². The number of amides is 2. The maximum Gasteiger partial charge on any atom is 0.287 e. The van der Waals surface area contributed by atoms with Crippen LogP contribution in [0.2, 0.25) is 0 Å². The highest BCUT2D eigenvalue weighted by Crippen LogP contribution is 2.20. The van der Waals surface area contributed by atoms with E-state index in [1.807, 2.05) is 6.92 Å². The molecule has 0 radical (unpaired) electrons. The molecule has 0 spiro atoms. The first-order valence-corrected chi connectivity index (χ1v) is 10.3. The van der Waals surface area contributed by atoms with Crippen LogP contribution in [0.15, 0.2) is 27.3 Å². The van der Waals surface area contributed by atoms with Gasteiger partial charge in [-0.1, -0.05) is 24.9 Å². The summed E-state index contributed by atoms with van der Waals surface area (Å²) in [5, 5.41) is 9.78. The van der Waals surface area contributed by atoms with E-state index >= 15 is 0 Å². The van der Waals surface area contributed by atoms with Gasteiger partial charge in [0.25, 0.3) is 5.91 Å². The van der Waals surface area contributed by atoms with E-state index in [0.29, 0.717) is 17.3 Å². The first kappa shape index (κ1) is 21.1. The highest BCUT2D eigenvalue weighted by atomic mass is 16.5. The highest BCUT2D eigenvalue weighted by Gasteiger charge is 2.30. The van der Waals surface area contributed by atoms with E-state index in [0.717, 1.165) is 50.8 Å². The molecule has 8 heteroatoms. The number of rotatable bonds is 8. The second-order valence-electron chi connectivity index (χ2n) is 7.69. The van der Waals surface area contributed by atoms with Crippen LogP contribution < -0.4 is 10.6 Å². The third-order valence-corrected chi connectivity index (χ3v) is 5.39. The standard InChI is InChI=1S/C21H30N4O4/c1-4-5-6-17(20(26)23-18-13-15(3)29-24-18)25-10-7-16(8-11-25)22-21(27)19-14(2)9-12-28-19/h9,12-13,16-17H,4-8,10-11H2,1-3H3,(H,22,27)(H,23,24,26). The van der Waals surface area contributed by atoms with Crippen molar-refractivity contribution in [1.82, 2.24) is 15.4 Å². The van der Waals surface area contributed by atoms with Gasteiger partial charge in [-0.05, 0) is 39.2 Å². The molecule has 1 aliphatic heterocycles. The zero-order valence-corrected chi connectivity index (χ0v) is 17.4.